The lowest BCUT2D eigenvalue weighted by Gasteiger charge is -2.19. The van der Waals surface area contributed by atoms with E-state index >= 15 is 0 Å². The summed E-state index contributed by atoms with van der Waals surface area (Å²) in [6.45, 7) is 3.32. The van der Waals surface area contributed by atoms with Gasteiger partial charge in [-0.3, -0.25) is 9.59 Å². The number of hydrogen-bond donors (Lipinski definition) is 1. The summed E-state index contributed by atoms with van der Waals surface area (Å²) in [5.74, 6) is -1.62. The maximum atomic E-state index is 12.0. The maximum Gasteiger partial charge on any atom is 0.308 e. The van der Waals surface area contributed by atoms with E-state index in [1.807, 2.05) is 0 Å². The van der Waals surface area contributed by atoms with E-state index < -0.39 is 21.7 Å². The van der Waals surface area contributed by atoms with Crippen LogP contribution in [0.3, 0.4) is 0 Å². The largest absolute Gasteiger partial charge is 0.481 e. The van der Waals surface area contributed by atoms with Crippen molar-refractivity contribution in [1.82, 2.24) is 4.90 Å². The van der Waals surface area contributed by atoms with Gasteiger partial charge < -0.3 is 10.0 Å². The molecule has 0 saturated carbocycles. The molecule has 1 N–H and O–H groups in total. The van der Waals surface area contributed by atoms with Crippen LogP contribution < -0.4 is 0 Å². The molecular formula is C16H23NO5S. The summed E-state index contributed by atoms with van der Waals surface area (Å²) >= 11 is 0. The minimum atomic E-state index is -3.21. The second-order valence-corrected chi connectivity index (χ2v) is 7.84. The number of benzene rings is 1. The standard InChI is InChI=1S/C16H23NO5S/c1-4-23(21,22)14-8-5-13(6-9-14)7-10-15(18)17(3)11-12(2)16(19)20/h5-6,8-9,12H,4,7,10-11H2,1-3H3,(H,19,20). The molecule has 0 aliphatic rings. The topological polar surface area (TPSA) is 91.8 Å². The first kappa shape index (κ1) is 19.2. The van der Waals surface area contributed by atoms with Crippen molar-refractivity contribution in [2.45, 2.75) is 31.6 Å². The molecule has 0 radical (unpaired) electrons. The maximum absolute atomic E-state index is 12.0. The van der Waals surface area contributed by atoms with Crippen LogP contribution in [-0.4, -0.2) is 49.6 Å². The highest BCUT2D eigenvalue weighted by Gasteiger charge is 2.17. The fourth-order valence-electron chi connectivity index (χ4n) is 2.06. The van der Waals surface area contributed by atoms with Gasteiger partial charge in [0.1, 0.15) is 0 Å². The van der Waals surface area contributed by atoms with Crippen molar-refractivity contribution in [1.29, 1.82) is 0 Å². The summed E-state index contributed by atoms with van der Waals surface area (Å²) in [4.78, 5) is 24.5. The Balaban J connectivity index is 2.58. The minimum Gasteiger partial charge on any atom is -0.481 e. The van der Waals surface area contributed by atoms with Gasteiger partial charge in [0.15, 0.2) is 9.84 Å². The number of aryl methyl sites for hydroxylation is 1. The third kappa shape index (κ3) is 5.67. The molecule has 0 spiro atoms. The predicted octanol–water partition coefficient (Wildman–Crippen LogP) is 1.59. The molecule has 1 rings (SSSR count). The van der Waals surface area contributed by atoms with Crippen molar-refractivity contribution in [3.8, 4) is 0 Å². The van der Waals surface area contributed by atoms with Crippen LogP contribution >= 0.6 is 0 Å². The van der Waals surface area contributed by atoms with Crippen LogP contribution in [0.1, 0.15) is 25.8 Å². The molecule has 1 amide bonds. The first-order chi connectivity index (χ1) is 10.7. The van der Waals surface area contributed by atoms with E-state index in [4.69, 9.17) is 5.11 Å². The molecule has 0 bridgehead atoms. The van der Waals surface area contributed by atoms with Gasteiger partial charge >= 0.3 is 5.97 Å². The van der Waals surface area contributed by atoms with Crippen LogP contribution in [0.4, 0.5) is 0 Å². The molecule has 7 heteroatoms. The molecule has 1 unspecified atom stereocenters. The number of carbonyl (C=O) groups is 2. The van der Waals surface area contributed by atoms with E-state index in [0.717, 1.165) is 5.56 Å². The molecule has 0 heterocycles. The van der Waals surface area contributed by atoms with Gasteiger partial charge in [-0.05, 0) is 24.1 Å². The molecular weight excluding hydrogens is 318 g/mol. The number of rotatable bonds is 8. The zero-order chi connectivity index (χ0) is 17.6. The second-order valence-electron chi connectivity index (χ2n) is 5.56. The van der Waals surface area contributed by atoms with Crippen LogP contribution in [0.2, 0.25) is 0 Å². The van der Waals surface area contributed by atoms with Gasteiger partial charge in [0.05, 0.1) is 16.6 Å². The van der Waals surface area contributed by atoms with Gasteiger partial charge in [0.2, 0.25) is 5.91 Å². The summed E-state index contributed by atoms with van der Waals surface area (Å²) in [5.41, 5.74) is 0.869. The quantitative estimate of drug-likeness (QED) is 0.775. The molecule has 0 fully saturated rings. The predicted molar refractivity (Wildman–Crippen MR) is 86.9 cm³/mol. The molecule has 1 atom stereocenters. The van der Waals surface area contributed by atoms with Gasteiger partial charge in [0.25, 0.3) is 0 Å². The Morgan fingerprint density at radius 1 is 1.22 bits per heavy atom. The summed E-state index contributed by atoms with van der Waals surface area (Å²) in [5, 5.41) is 8.85. The lowest BCUT2D eigenvalue weighted by molar-refractivity contribution is -0.142. The Morgan fingerprint density at radius 2 is 1.78 bits per heavy atom. The van der Waals surface area contributed by atoms with Gasteiger partial charge in [0, 0.05) is 20.0 Å². The zero-order valence-electron chi connectivity index (χ0n) is 13.7. The van der Waals surface area contributed by atoms with Gasteiger partial charge in [-0.2, -0.15) is 0 Å². The smallest absolute Gasteiger partial charge is 0.308 e. The number of hydrogen-bond acceptors (Lipinski definition) is 4. The third-order valence-corrected chi connectivity index (χ3v) is 5.44. The van der Waals surface area contributed by atoms with Crippen LogP contribution in [-0.2, 0) is 25.8 Å². The number of nitrogens with zero attached hydrogens (tertiary/aromatic N) is 1. The fraction of sp³-hybridized carbons (Fsp3) is 0.500. The Kier molecular flexibility index (Phi) is 6.75. The Bertz CT molecular complexity index is 652. The molecule has 1 aromatic carbocycles. The van der Waals surface area contributed by atoms with Crippen molar-refractivity contribution < 1.29 is 23.1 Å². The number of carboxylic acids is 1. The molecule has 0 aromatic heterocycles. The van der Waals surface area contributed by atoms with Crippen LogP contribution in [0.5, 0.6) is 0 Å². The van der Waals surface area contributed by atoms with E-state index in [2.05, 4.69) is 0 Å². The third-order valence-electron chi connectivity index (χ3n) is 3.69. The van der Waals surface area contributed by atoms with Gasteiger partial charge in [-0.1, -0.05) is 26.0 Å². The van der Waals surface area contributed by atoms with Gasteiger partial charge in [-0.25, -0.2) is 8.42 Å². The minimum absolute atomic E-state index is 0.0530. The molecule has 1 aromatic rings. The molecule has 23 heavy (non-hydrogen) atoms. The van der Waals surface area contributed by atoms with E-state index in [-0.39, 0.29) is 29.5 Å². The SMILES string of the molecule is CCS(=O)(=O)c1ccc(CCC(=O)N(C)CC(C)C(=O)O)cc1. The Hall–Kier alpha value is -1.89. The Morgan fingerprint density at radius 3 is 2.26 bits per heavy atom. The second kappa shape index (κ2) is 8.10. The fourth-order valence-corrected chi connectivity index (χ4v) is 2.95. The number of carbonyl (C=O) groups excluding carboxylic acids is 1. The molecule has 0 aliphatic heterocycles. The highest BCUT2D eigenvalue weighted by Crippen LogP contribution is 2.14. The average molecular weight is 341 g/mol. The van der Waals surface area contributed by atoms with E-state index in [9.17, 15) is 18.0 Å². The van der Waals surface area contributed by atoms with Crippen LogP contribution in [0.15, 0.2) is 29.2 Å². The lowest BCUT2D eigenvalue weighted by atomic mass is 10.1. The summed E-state index contributed by atoms with van der Waals surface area (Å²) < 4.78 is 23.4. The summed E-state index contributed by atoms with van der Waals surface area (Å²) in [6.07, 6.45) is 0.736. The summed E-state index contributed by atoms with van der Waals surface area (Å²) in [6, 6.07) is 6.51. The Labute approximate surface area is 137 Å². The van der Waals surface area contributed by atoms with Crippen LogP contribution in [0, 0.1) is 5.92 Å². The van der Waals surface area contributed by atoms with Crippen LogP contribution in [0.25, 0.3) is 0 Å². The molecule has 0 saturated heterocycles. The van der Waals surface area contributed by atoms with Gasteiger partial charge in [-0.15, -0.1) is 0 Å². The first-order valence-corrected chi connectivity index (χ1v) is 9.11. The average Bonchev–Trinajstić information content (AvgIpc) is 2.52. The number of aliphatic carboxylic acids is 1. The lowest BCUT2D eigenvalue weighted by Crippen LogP contribution is -2.33. The molecule has 128 valence electrons. The van der Waals surface area contributed by atoms with E-state index in [1.54, 1.807) is 45.2 Å². The summed E-state index contributed by atoms with van der Waals surface area (Å²) in [7, 11) is -1.63. The zero-order valence-corrected chi connectivity index (χ0v) is 14.5. The number of amides is 1. The normalized spacial score (nSPS) is 12.7. The van der Waals surface area contributed by atoms with Crippen molar-refractivity contribution in [2.75, 3.05) is 19.3 Å². The molecule has 6 nitrogen and oxygen atoms in total. The highest BCUT2D eigenvalue weighted by atomic mass is 32.2. The highest BCUT2D eigenvalue weighted by molar-refractivity contribution is 7.91. The van der Waals surface area contributed by atoms with E-state index in [1.165, 1.54) is 4.90 Å². The first-order valence-electron chi connectivity index (χ1n) is 7.45. The molecule has 0 aliphatic carbocycles. The van der Waals surface area contributed by atoms with Crippen molar-refractivity contribution >= 4 is 21.7 Å². The number of sulfone groups is 1. The van der Waals surface area contributed by atoms with Crippen molar-refractivity contribution in [2.24, 2.45) is 5.92 Å². The van der Waals surface area contributed by atoms with Crippen molar-refractivity contribution in [3.05, 3.63) is 29.8 Å². The number of carboxylic acid groups (broad SMARTS) is 1. The monoisotopic (exact) mass is 341 g/mol. The van der Waals surface area contributed by atoms with E-state index in [0.29, 0.717) is 6.42 Å². The van der Waals surface area contributed by atoms with Crippen molar-refractivity contribution in [3.63, 3.8) is 0 Å².